The Morgan fingerprint density at radius 3 is 2.54 bits per heavy atom. The fourth-order valence-electron chi connectivity index (χ4n) is 2.80. The summed E-state index contributed by atoms with van der Waals surface area (Å²) >= 11 is 1.44. The number of hydrogen-bond acceptors (Lipinski definition) is 6. The number of aromatic nitrogens is 2. The average molecular weight is 372 g/mol. The zero-order valence-corrected chi connectivity index (χ0v) is 16.2. The standard InChI is InChI=1S/C19H24N4O2S/c1-13-12-18(21-15(3)20-13)26-14(2)19(24)22-16-4-6-17(7-5-16)23-8-10-25-11-9-23/h4-7,12,14H,8-11H2,1-3H3,(H,22,24). The highest BCUT2D eigenvalue weighted by molar-refractivity contribution is 8.00. The molecule has 1 N–H and O–H groups in total. The van der Waals surface area contributed by atoms with Crippen molar-refractivity contribution >= 4 is 29.0 Å². The van der Waals surface area contributed by atoms with Gasteiger partial charge < -0.3 is 15.0 Å². The van der Waals surface area contributed by atoms with Gasteiger partial charge in [-0.25, -0.2) is 9.97 Å². The molecule has 1 aliphatic rings. The van der Waals surface area contributed by atoms with Crippen molar-refractivity contribution in [2.75, 3.05) is 36.5 Å². The number of carbonyl (C=O) groups is 1. The van der Waals surface area contributed by atoms with Gasteiger partial charge in [-0.05, 0) is 51.1 Å². The van der Waals surface area contributed by atoms with Crippen LogP contribution in [0.1, 0.15) is 18.4 Å². The largest absolute Gasteiger partial charge is 0.378 e. The number of benzene rings is 1. The molecule has 1 amide bonds. The Labute approximate surface area is 158 Å². The monoisotopic (exact) mass is 372 g/mol. The van der Waals surface area contributed by atoms with E-state index < -0.39 is 0 Å². The van der Waals surface area contributed by atoms with Crippen molar-refractivity contribution in [2.24, 2.45) is 0 Å². The van der Waals surface area contributed by atoms with E-state index in [4.69, 9.17) is 4.74 Å². The van der Waals surface area contributed by atoms with E-state index in [1.54, 1.807) is 0 Å². The molecule has 1 aliphatic heterocycles. The summed E-state index contributed by atoms with van der Waals surface area (Å²) < 4.78 is 5.38. The van der Waals surface area contributed by atoms with Crippen molar-refractivity contribution < 1.29 is 9.53 Å². The van der Waals surface area contributed by atoms with E-state index in [0.717, 1.165) is 54.2 Å². The summed E-state index contributed by atoms with van der Waals surface area (Å²) in [5, 5.41) is 3.55. The van der Waals surface area contributed by atoms with Gasteiger partial charge in [-0.3, -0.25) is 4.79 Å². The Hall–Kier alpha value is -2.12. The molecule has 2 aromatic rings. The minimum atomic E-state index is -0.248. The maximum atomic E-state index is 12.5. The lowest BCUT2D eigenvalue weighted by molar-refractivity contribution is -0.115. The third-order valence-electron chi connectivity index (χ3n) is 4.12. The Morgan fingerprint density at radius 1 is 1.19 bits per heavy atom. The number of rotatable bonds is 5. The summed E-state index contributed by atoms with van der Waals surface area (Å²) in [4.78, 5) is 23.4. The minimum Gasteiger partial charge on any atom is -0.378 e. The number of aryl methyl sites for hydroxylation is 2. The van der Waals surface area contributed by atoms with E-state index >= 15 is 0 Å². The van der Waals surface area contributed by atoms with Gasteiger partial charge in [0.15, 0.2) is 0 Å². The summed E-state index contributed by atoms with van der Waals surface area (Å²) in [6.45, 7) is 8.99. The number of nitrogens with one attached hydrogen (secondary N) is 1. The van der Waals surface area contributed by atoms with Gasteiger partial charge in [0, 0.05) is 30.2 Å². The highest BCUT2D eigenvalue weighted by Gasteiger charge is 2.16. The first-order chi connectivity index (χ1) is 12.5. The molecule has 1 aromatic carbocycles. The average Bonchev–Trinajstić information content (AvgIpc) is 2.62. The van der Waals surface area contributed by atoms with Crippen molar-refractivity contribution in [2.45, 2.75) is 31.0 Å². The van der Waals surface area contributed by atoms with Gasteiger partial charge in [-0.15, -0.1) is 0 Å². The quantitative estimate of drug-likeness (QED) is 0.643. The molecule has 1 aromatic heterocycles. The molecule has 1 saturated heterocycles. The Balaban J connectivity index is 1.58. The number of carbonyl (C=O) groups excluding carboxylic acids is 1. The summed E-state index contributed by atoms with van der Waals surface area (Å²) in [6.07, 6.45) is 0. The van der Waals surface area contributed by atoms with Crippen LogP contribution in [0.15, 0.2) is 35.4 Å². The first kappa shape index (κ1) is 18.7. The van der Waals surface area contributed by atoms with Crippen LogP contribution in [0.25, 0.3) is 0 Å². The predicted molar refractivity (Wildman–Crippen MR) is 105 cm³/mol. The molecule has 3 rings (SSSR count). The molecular weight excluding hydrogens is 348 g/mol. The van der Waals surface area contributed by atoms with Crippen molar-refractivity contribution in [3.8, 4) is 0 Å². The fourth-order valence-corrected chi connectivity index (χ4v) is 3.75. The van der Waals surface area contributed by atoms with Gasteiger partial charge in [0.25, 0.3) is 0 Å². The normalized spacial score (nSPS) is 15.6. The maximum absolute atomic E-state index is 12.5. The molecule has 2 heterocycles. The van der Waals surface area contributed by atoms with Crippen LogP contribution in [-0.2, 0) is 9.53 Å². The number of anilines is 2. The van der Waals surface area contributed by atoms with Gasteiger partial charge in [0.2, 0.25) is 5.91 Å². The predicted octanol–water partition coefficient (Wildman–Crippen LogP) is 3.05. The summed E-state index contributed by atoms with van der Waals surface area (Å²) in [5.41, 5.74) is 2.86. The molecule has 0 radical (unpaired) electrons. The maximum Gasteiger partial charge on any atom is 0.237 e. The zero-order chi connectivity index (χ0) is 18.5. The highest BCUT2D eigenvalue weighted by atomic mass is 32.2. The smallest absolute Gasteiger partial charge is 0.237 e. The number of ether oxygens (including phenoxy) is 1. The lowest BCUT2D eigenvalue weighted by Gasteiger charge is -2.28. The van der Waals surface area contributed by atoms with Gasteiger partial charge >= 0.3 is 0 Å². The Kier molecular flexibility index (Phi) is 6.11. The van der Waals surface area contributed by atoms with Crippen molar-refractivity contribution in [1.29, 1.82) is 0 Å². The molecule has 1 fully saturated rings. The van der Waals surface area contributed by atoms with Gasteiger partial charge in [-0.1, -0.05) is 11.8 Å². The van der Waals surface area contributed by atoms with Crippen LogP contribution in [0.4, 0.5) is 11.4 Å². The van der Waals surface area contributed by atoms with Gasteiger partial charge in [0.05, 0.1) is 18.5 Å². The molecule has 7 heteroatoms. The highest BCUT2D eigenvalue weighted by Crippen LogP contribution is 2.24. The van der Waals surface area contributed by atoms with E-state index in [1.807, 2.05) is 51.1 Å². The van der Waals surface area contributed by atoms with Crippen molar-refractivity contribution in [1.82, 2.24) is 9.97 Å². The summed E-state index contributed by atoms with van der Waals surface area (Å²) in [6, 6.07) is 9.86. The molecule has 1 atom stereocenters. The molecule has 0 spiro atoms. The number of thioether (sulfide) groups is 1. The minimum absolute atomic E-state index is 0.0389. The molecule has 0 bridgehead atoms. The molecule has 6 nitrogen and oxygen atoms in total. The van der Waals surface area contributed by atoms with E-state index in [1.165, 1.54) is 11.8 Å². The second-order valence-corrected chi connectivity index (χ2v) is 7.65. The summed E-state index contributed by atoms with van der Waals surface area (Å²) in [7, 11) is 0. The molecule has 26 heavy (non-hydrogen) atoms. The first-order valence-corrected chi connectivity index (χ1v) is 9.62. The van der Waals surface area contributed by atoms with E-state index in [-0.39, 0.29) is 11.2 Å². The zero-order valence-electron chi connectivity index (χ0n) is 15.4. The number of amides is 1. The number of hydrogen-bond donors (Lipinski definition) is 1. The van der Waals surface area contributed by atoms with Crippen molar-refractivity contribution in [3.05, 3.63) is 41.9 Å². The second-order valence-electron chi connectivity index (χ2n) is 6.29. The van der Waals surface area contributed by atoms with Crippen LogP contribution in [0.2, 0.25) is 0 Å². The van der Waals surface area contributed by atoms with Gasteiger partial charge in [0.1, 0.15) is 10.9 Å². The van der Waals surface area contributed by atoms with E-state index in [0.29, 0.717) is 0 Å². The van der Waals surface area contributed by atoms with Crippen LogP contribution >= 0.6 is 11.8 Å². The van der Waals surface area contributed by atoms with E-state index in [2.05, 4.69) is 20.2 Å². The summed E-state index contributed by atoms with van der Waals surface area (Å²) in [5.74, 6) is 0.682. The fraction of sp³-hybridized carbons (Fsp3) is 0.421. The van der Waals surface area contributed by atoms with E-state index in [9.17, 15) is 4.79 Å². The van der Waals surface area contributed by atoms with Crippen LogP contribution < -0.4 is 10.2 Å². The SMILES string of the molecule is Cc1cc(SC(C)C(=O)Nc2ccc(N3CCOCC3)cc2)nc(C)n1. The first-order valence-electron chi connectivity index (χ1n) is 8.74. The van der Waals surface area contributed by atoms with Crippen LogP contribution in [0, 0.1) is 13.8 Å². The molecule has 1 unspecified atom stereocenters. The lowest BCUT2D eigenvalue weighted by atomic mass is 10.2. The third kappa shape index (κ3) is 4.95. The van der Waals surface area contributed by atoms with Crippen LogP contribution in [0.5, 0.6) is 0 Å². The lowest BCUT2D eigenvalue weighted by Crippen LogP contribution is -2.36. The van der Waals surface area contributed by atoms with Gasteiger partial charge in [-0.2, -0.15) is 0 Å². The van der Waals surface area contributed by atoms with Crippen molar-refractivity contribution in [3.63, 3.8) is 0 Å². The number of morpholine rings is 1. The molecule has 0 saturated carbocycles. The van der Waals surface area contributed by atoms with Crippen LogP contribution in [0.3, 0.4) is 0 Å². The van der Waals surface area contributed by atoms with Crippen LogP contribution in [-0.4, -0.2) is 47.4 Å². The third-order valence-corrected chi connectivity index (χ3v) is 5.14. The molecular formula is C19H24N4O2S. The molecule has 0 aliphatic carbocycles. The molecule has 138 valence electrons. The second kappa shape index (κ2) is 8.51. The number of nitrogens with zero attached hydrogens (tertiary/aromatic N) is 3. The topological polar surface area (TPSA) is 67.4 Å². The Morgan fingerprint density at radius 2 is 1.88 bits per heavy atom. The Bertz CT molecular complexity index is 740.